The van der Waals surface area contributed by atoms with Gasteiger partial charge in [0.2, 0.25) is 0 Å². The Hall–Kier alpha value is -2.06. The largest absolute Gasteiger partial charge is 0.573 e. The standard InChI is InChI=1S/C21H23F3N2O3/c22-21(23,24)28-18-4-2-1-3-16(18)19-17(20(29-26-19)12-5-6-12)11-27-15-9-13-7-8-14(10-15)25-13/h1-4,12-15,25H,5-11H2/t13-,14+,15+. The average Bonchev–Trinajstić information content (AvgIpc) is 3.35. The lowest BCUT2D eigenvalue weighted by Gasteiger charge is -2.29. The number of halogens is 3. The van der Waals surface area contributed by atoms with Gasteiger partial charge in [0.05, 0.1) is 12.7 Å². The summed E-state index contributed by atoms with van der Waals surface area (Å²) in [6.07, 6.45) is 1.65. The van der Waals surface area contributed by atoms with Gasteiger partial charge < -0.3 is 19.3 Å². The molecular weight excluding hydrogens is 385 g/mol. The molecule has 0 unspecified atom stereocenters. The molecule has 1 aliphatic carbocycles. The van der Waals surface area contributed by atoms with Crippen molar-refractivity contribution in [3.63, 3.8) is 0 Å². The number of benzene rings is 1. The van der Waals surface area contributed by atoms with Crippen LogP contribution in [0.3, 0.4) is 0 Å². The minimum atomic E-state index is -4.77. The second-order valence-electron chi connectivity index (χ2n) is 8.23. The molecule has 3 atom stereocenters. The van der Waals surface area contributed by atoms with Crippen LogP contribution in [0.15, 0.2) is 28.8 Å². The van der Waals surface area contributed by atoms with E-state index in [-0.39, 0.29) is 29.9 Å². The van der Waals surface area contributed by atoms with E-state index in [2.05, 4.69) is 15.2 Å². The molecule has 2 aliphatic heterocycles. The molecule has 2 aromatic rings. The Kier molecular flexibility index (Phi) is 4.78. The quantitative estimate of drug-likeness (QED) is 0.736. The number of aromatic nitrogens is 1. The highest BCUT2D eigenvalue weighted by molar-refractivity contribution is 5.70. The van der Waals surface area contributed by atoms with E-state index in [4.69, 9.17) is 9.26 Å². The number of rotatable bonds is 6. The molecule has 0 radical (unpaired) electrons. The molecule has 3 fully saturated rings. The highest BCUT2D eigenvalue weighted by Gasteiger charge is 2.37. The van der Waals surface area contributed by atoms with Crippen molar-refractivity contribution in [1.82, 2.24) is 10.5 Å². The van der Waals surface area contributed by atoms with Gasteiger partial charge in [-0.1, -0.05) is 17.3 Å². The van der Waals surface area contributed by atoms with Gasteiger partial charge in [0, 0.05) is 29.1 Å². The van der Waals surface area contributed by atoms with Crippen molar-refractivity contribution in [3.8, 4) is 17.0 Å². The first-order valence-corrected chi connectivity index (χ1v) is 10.2. The van der Waals surface area contributed by atoms with E-state index >= 15 is 0 Å². The first-order chi connectivity index (χ1) is 14.0. The number of nitrogens with one attached hydrogen (secondary N) is 1. The van der Waals surface area contributed by atoms with Gasteiger partial charge in [-0.05, 0) is 50.7 Å². The van der Waals surface area contributed by atoms with Crippen LogP contribution in [0.5, 0.6) is 5.75 Å². The third-order valence-corrected chi connectivity index (χ3v) is 6.03. The highest BCUT2D eigenvalue weighted by atomic mass is 19.4. The number of para-hydroxylation sites is 1. The van der Waals surface area contributed by atoms with Gasteiger partial charge in [-0.25, -0.2) is 0 Å². The van der Waals surface area contributed by atoms with Crippen molar-refractivity contribution in [1.29, 1.82) is 0 Å². The molecule has 0 spiro atoms. The van der Waals surface area contributed by atoms with Gasteiger partial charge >= 0.3 is 6.36 Å². The Morgan fingerprint density at radius 3 is 2.48 bits per heavy atom. The molecule has 5 rings (SSSR count). The molecule has 1 aromatic heterocycles. The molecule has 3 aliphatic rings. The van der Waals surface area contributed by atoms with Crippen molar-refractivity contribution in [2.45, 2.75) is 75.6 Å². The monoisotopic (exact) mass is 408 g/mol. The van der Waals surface area contributed by atoms with Crippen molar-refractivity contribution < 1.29 is 27.2 Å². The maximum absolute atomic E-state index is 12.9. The number of piperidine rings is 1. The Morgan fingerprint density at radius 1 is 1.07 bits per heavy atom. The summed E-state index contributed by atoms with van der Waals surface area (Å²) in [6, 6.07) is 7.05. The van der Waals surface area contributed by atoms with Crippen LogP contribution >= 0.6 is 0 Å². The summed E-state index contributed by atoms with van der Waals surface area (Å²) in [5.41, 5.74) is 1.39. The summed E-state index contributed by atoms with van der Waals surface area (Å²) < 4.78 is 54.6. The van der Waals surface area contributed by atoms with E-state index in [9.17, 15) is 13.2 Å². The fraction of sp³-hybridized carbons (Fsp3) is 0.571. The third kappa shape index (κ3) is 4.14. The van der Waals surface area contributed by atoms with Gasteiger partial charge in [0.25, 0.3) is 0 Å². The van der Waals surface area contributed by atoms with Gasteiger partial charge in [-0.3, -0.25) is 0 Å². The lowest BCUT2D eigenvalue weighted by Crippen LogP contribution is -2.41. The van der Waals surface area contributed by atoms with Crippen LogP contribution in [0, 0.1) is 0 Å². The number of fused-ring (bicyclic) bond motifs is 2. The van der Waals surface area contributed by atoms with Crippen molar-refractivity contribution >= 4 is 0 Å². The van der Waals surface area contributed by atoms with Gasteiger partial charge in [0.15, 0.2) is 0 Å². The molecule has 0 amide bonds. The fourth-order valence-electron chi connectivity index (χ4n) is 4.56. The molecule has 1 aromatic carbocycles. The molecule has 1 N–H and O–H groups in total. The highest BCUT2D eigenvalue weighted by Crippen LogP contribution is 2.46. The minimum absolute atomic E-state index is 0.144. The molecule has 1 saturated carbocycles. The number of ether oxygens (including phenoxy) is 2. The fourth-order valence-corrected chi connectivity index (χ4v) is 4.56. The second kappa shape index (κ2) is 7.32. The van der Waals surface area contributed by atoms with Crippen LogP contribution < -0.4 is 10.1 Å². The van der Waals surface area contributed by atoms with E-state index < -0.39 is 6.36 Å². The first kappa shape index (κ1) is 18.9. The lowest BCUT2D eigenvalue weighted by molar-refractivity contribution is -0.274. The average molecular weight is 408 g/mol. The molecule has 2 saturated heterocycles. The van der Waals surface area contributed by atoms with Crippen LogP contribution in [0.1, 0.15) is 55.8 Å². The topological polar surface area (TPSA) is 56.5 Å². The Balaban J connectivity index is 1.41. The van der Waals surface area contributed by atoms with Crippen LogP contribution in [0.2, 0.25) is 0 Å². The summed E-state index contributed by atoms with van der Waals surface area (Å²) in [7, 11) is 0. The van der Waals surface area contributed by atoms with Crippen LogP contribution in [-0.2, 0) is 11.3 Å². The smallest absolute Gasteiger partial charge is 0.405 e. The van der Waals surface area contributed by atoms with Gasteiger partial charge in [-0.15, -0.1) is 13.2 Å². The second-order valence-corrected chi connectivity index (χ2v) is 8.23. The van der Waals surface area contributed by atoms with Crippen LogP contribution in [0.25, 0.3) is 11.3 Å². The summed E-state index contributed by atoms with van der Waals surface area (Å²) in [5, 5.41) is 7.72. The molecule has 5 nitrogen and oxygen atoms in total. The van der Waals surface area contributed by atoms with Crippen LogP contribution in [0.4, 0.5) is 13.2 Å². The van der Waals surface area contributed by atoms with E-state index in [0.29, 0.717) is 17.8 Å². The lowest BCUT2D eigenvalue weighted by atomic mass is 10.0. The maximum atomic E-state index is 12.9. The van der Waals surface area contributed by atoms with E-state index in [1.807, 2.05) is 0 Å². The predicted octanol–water partition coefficient (Wildman–Crippen LogP) is 4.92. The summed E-state index contributed by atoms with van der Waals surface area (Å²) in [5.74, 6) is 0.727. The first-order valence-electron chi connectivity index (χ1n) is 10.2. The van der Waals surface area contributed by atoms with Crippen LogP contribution in [-0.4, -0.2) is 29.7 Å². The third-order valence-electron chi connectivity index (χ3n) is 6.03. The molecule has 2 bridgehead atoms. The molecule has 29 heavy (non-hydrogen) atoms. The maximum Gasteiger partial charge on any atom is 0.573 e. The predicted molar refractivity (Wildman–Crippen MR) is 98.4 cm³/mol. The zero-order valence-corrected chi connectivity index (χ0v) is 15.9. The molecular formula is C21H23F3N2O3. The number of hydrogen-bond donors (Lipinski definition) is 1. The molecule has 3 heterocycles. The Bertz CT molecular complexity index is 866. The van der Waals surface area contributed by atoms with Crippen molar-refractivity contribution in [2.75, 3.05) is 0 Å². The van der Waals surface area contributed by atoms with Crippen molar-refractivity contribution in [2.24, 2.45) is 0 Å². The zero-order valence-electron chi connectivity index (χ0n) is 15.9. The SMILES string of the molecule is FC(F)(F)Oc1ccccc1-c1noc(C2CC2)c1CO[C@H]1C[C@H]2CC[C@@H](C1)N2. The summed E-state index contributed by atoms with van der Waals surface area (Å²) in [6.45, 7) is 0.287. The van der Waals surface area contributed by atoms with E-state index in [1.54, 1.807) is 12.1 Å². The van der Waals surface area contributed by atoms with E-state index in [0.717, 1.165) is 37.0 Å². The zero-order chi connectivity index (χ0) is 20.0. The molecule has 8 heteroatoms. The normalized spacial score (nSPS) is 26.7. The summed E-state index contributed by atoms with van der Waals surface area (Å²) >= 11 is 0. The van der Waals surface area contributed by atoms with Crippen molar-refractivity contribution in [3.05, 3.63) is 35.6 Å². The summed E-state index contributed by atoms with van der Waals surface area (Å²) in [4.78, 5) is 0. The Morgan fingerprint density at radius 2 is 1.79 bits per heavy atom. The number of nitrogens with zero attached hydrogens (tertiary/aromatic N) is 1. The number of alkyl halides is 3. The van der Waals surface area contributed by atoms with Gasteiger partial charge in [-0.2, -0.15) is 0 Å². The minimum Gasteiger partial charge on any atom is -0.405 e. The number of hydrogen-bond acceptors (Lipinski definition) is 5. The Labute approximate surface area is 166 Å². The van der Waals surface area contributed by atoms with E-state index in [1.165, 1.54) is 25.0 Å². The molecule has 156 valence electrons. The van der Waals surface area contributed by atoms with Gasteiger partial charge in [0.1, 0.15) is 17.2 Å².